The molecule has 1 aliphatic heterocycles. The van der Waals surface area contributed by atoms with Crippen LogP contribution in [-0.2, 0) is 24.5 Å². The predicted octanol–water partition coefficient (Wildman–Crippen LogP) is 1.63. The maximum Gasteiger partial charge on any atom is 0.302 e. The van der Waals surface area contributed by atoms with E-state index in [1.54, 1.807) is 0 Å². The number of morpholine rings is 1. The highest BCUT2D eigenvalue weighted by molar-refractivity contribution is 7.80. The minimum atomic E-state index is -0.983. The van der Waals surface area contributed by atoms with Crippen LogP contribution in [0.15, 0.2) is 30.3 Å². The van der Waals surface area contributed by atoms with Gasteiger partial charge in [0.05, 0.1) is 13.2 Å². The van der Waals surface area contributed by atoms with Crippen molar-refractivity contribution < 1.29 is 19.1 Å². The van der Waals surface area contributed by atoms with E-state index < -0.39 is 11.4 Å². The van der Waals surface area contributed by atoms with E-state index in [2.05, 4.69) is 5.32 Å². The fourth-order valence-electron chi connectivity index (χ4n) is 2.79. The molecule has 1 aromatic carbocycles. The standard InChI is InChI=1S/C18H24N2O4S/c1-3-18(13-24-14(2)21,15-7-5-4-6-8-15)16(22)19-17(25)20-9-11-23-12-10-20/h4-8H,3,9-13H2,1-2H3,(H,19,22,25)/t18-/m1/s1. The number of hydrogen-bond acceptors (Lipinski definition) is 5. The monoisotopic (exact) mass is 364 g/mol. The first-order valence-corrected chi connectivity index (χ1v) is 8.77. The van der Waals surface area contributed by atoms with Crippen molar-refractivity contribution in [2.75, 3.05) is 32.9 Å². The Balaban J connectivity index is 2.22. The predicted molar refractivity (Wildman–Crippen MR) is 98.2 cm³/mol. The second-order valence-electron chi connectivity index (χ2n) is 5.94. The highest BCUT2D eigenvalue weighted by Crippen LogP contribution is 2.29. The molecule has 0 bridgehead atoms. The number of carbonyl (C=O) groups is 2. The summed E-state index contributed by atoms with van der Waals surface area (Å²) in [6.07, 6.45) is 0.474. The lowest BCUT2D eigenvalue weighted by molar-refractivity contribution is -0.145. The lowest BCUT2D eigenvalue weighted by atomic mass is 9.78. The lowest BCUT2D eigenvalue weighted by Gasteiger charge is -2.34. The summed E-state index contributed by atoms with van der Waals surface area (Å²) in [7, 11) is 0. The number of rotatable bonds is 5. The molecule has 1 heterocycles. The maximum atomic E-state index is 13.1. The summed E-state index contributed by atoms with van der Waals surface area (Å²) in [5.41, 5.74) is -0.190. The number of esters is 1. The Morgan fingerprint density at radius 1 is 1.28 bits per heavy atom. The van der Waals surface area contributed by atoms with Crippen molar-refractivity contribution in [3.05, 3.63) is 35.9 Å². The van der Waals surface area contributed by atoms with Gasteiger partial charge in [0, 0.05) is 20.0 Å². The van der Waals surface area contributed by atoms with Crippen LogP contribution in [0.4, 0.5) is 0 Å². The van der Waals surface area contributed by atoms with Gasteiger partial charge in [-0.2, -0.15) is 0 Å². The Kier molecular flexibility index (Phi) is 6.90. The van der Waals surface area contributed by atoms with Gasteiger partial charge in [-0.3, -0.25) is 9.59 Å². The third-order valence-corrected chi connectivity index (χ3v) is 4.77. The van der Waals surface area contributed by atoms with E-state index in [4.69, 9.17) is 21.7 Å². The molecule has 0 saturated carbocycles. The highest BCUT2D eigenvalue weighted by atomic mass is 32.1. The van der Waals surface area contributed by atoms with E-state index in [1.807, 2.05) is 42.2 Å². The van der Waals surface area contributed by atoms with Crippen LogP contribution in [0.5, 0.6) is 0 Å². The third-order valence-electron chi connectivity index (χ3n) is 4.41. The zero-order chi connectivity index (χ0) is 18.3. The van der Waals surface area contributed by atoms with Crippen LogP contribution in [0.25, 0.3) is 0 Å². The molecule has 1 aromatic rings. The number of amides is 1. The Morgan fingerprint density at radius 3 is 2.48 bits per heavy atom. The fraction of sp³-hybridized carbons (Fsp3) is 0.500. The zero-order valence-electron chi connectivity index (χ0n) is 14.6. The summed E-state index contributed by atoms with van der Waals surface area (Å²) >= 11 is 5.38. The lowest BCUT2D eigenvalue weighted by Crippen LogP contribution is -2.54. The molecule has 0 spiro atoms. The van der Waals surface area contributed by atoms with Crippen LogP contribution in [-0.4, -0.2) is 54.8 Å². The fourth-order valence-corrected chi connectivity index (χ4v) is 3.07. The Labute approximate surface area is 153 Å². The van der Waals surface area contributed by atoms with Crippen LogP contribution in [0, 0.1) is 0 Å². The normalized spacial score (nSPS) is 16.6. The van der Waals surface area contributed by atoms with Crippen molar-refractivity contribution >= 4 is 29.2 Å². The van der Waals surface area contributed by atoms with Crippen molar-refractivity contribution in [1.82, 2.24) is 10.2 Å². The summed E-state index contributed by atoms with van der Waals surface area (Å²) in [6.45, 7) is 5.67. The van der Waals surface area contributed by atoms with E-state index in [0.29, 0.717) is 37.8 Å². The molecule has 136 valence electrons. The Hall–Kier alpha value is -1.99. The van der Waals surface area contributed by atoms with Gasteiger partial charge < -0.3 is 19.7 Å². The van der Waals surface area contributed by atoms with Crippen LogP contribution in [0.2, 0.25) is 0 Å². The number of carbonyl (C=O) groups excluding carboxylic acids is 2. The van der Waals surface area contributed by atoms with Crippen molar-refractivity contribution in [1.29, 1.82) is 0 Å². The summed E-state index contributed by atoms with van der Waals surface area (Å²) in [6, 6.07) is 9.34. The first-order chi connectivity index (χ1) is 12.0. The third kappa shape index (κ3) is 4.76. The van der Waals surface area contributed by atoms with Crippen LogP contribution >= 0.6 is 12.2 Å². The second kappa shape index (κ2) is 8.92. The van der Waals surface area contributed by atoms with Gasteiger partial charge in [-0.15, -0.1) is 0 Å². The maximum absolute atomic E-state index is 13.1. The van der Waals surface area contributed by atoms with Gasteiger partial charge in [0.25, 0.3) is 0 Å². The number of nitrogens with one attached hydrogen (secondary N) is 1. The first-order valence-electron chi connectivity index (χ1n) is 8.36. The van der Waals surface area contributed by atoms with E-state index in [9.17, 15) is 9.59 Å². The molecule has 1 atom stereocenters. The van der Waals surface area contributed by atoms with Gasteiger partial charge >= 0.3 is 5.97 Å². The number of thiocarbonyl (C=S) groups is 1. The van der Waals surface area contributed by atoms with Gasteiger partial charge in [0.2, 0.25) is 5.91 Å². The SMILES string of the molecule is CC[C@](COC(C)=O)(C(=O)NC(=S)N1CCOCC1)c1ccccc1. The molecule has 1 aliphatic rings. The molecule has 25 heavy (non-hydrogen) atoms. The van der Waals surface area contributed by atoms with Crippen LogP contribution < -0.4 is 5.32 Å². The minimum absolute atomic E-state index is 0.0274. The average molecular weight is 364 g/mol. The summed E-state index contributed by atoms with van der Waals surface area (Å²) < 4.78 is 10.5. The Bertz CT molecular complexity index is 617. The van der Waals surface area contributed by atoms with E-state index in [-0.39, 0.29) is 12.5 Å². The molecule has 0 aliphatic carbocycles. The molecular weight excluding hydrogens is 340 g/mol. The molecule has 0 radical (unpaired) electrons. The molecule has 0 unspecified atom stereocenters. The smallest absolute Gasteiger partial charge is 0.302 e. The highest BCUT2D eigenvalue weighted by Gasteiger charge is 2.40. The minimum Gasteiger partial charge on any atom is -0.464 e. The molecule has 2 rings (SSSR count). The van der Waals surface area contributed by atoms with Crippen molar-refractivity contribution in [3.8, 4) is 0 Å². The quantitative estimate of drug-likeness (QED) is 0.633. The number of ether oxygens (including phenoxy) is 2. The van der Waals surface area contributed by atoms with Crippen LogP contribution in [0.3, 0.4) is 0 Å². The van der Waals surface area contributed by atoms with Gasteiger partial charge in [-0.1, -0.05) is 37.3 Å². The number of nitrogens with zero attached hydrogens (tertiary/aromatic N) is 1. The summed E-state index contributed by atoms with van der Waals surface area (Å²) in [4.78, 5) is 26.4. The summed E-state index contributed by atoms with van der Waals surface area (Å²) in [5, 5.41) is 3.21. The molecule has 7 heteroatoms. The van der Waals surface area contributed by atoms with Crippen molar-refractivity contribution in [3.63, 3.8) is 0 Å². The topological polar surface area (TPSA) is 67.9 Å². The molecular formula is C18H24N2O4S. The van der Waals surface area contributed by atoms with E-state index in [0.717, 1.165) is 5.56 Å². The zero-order valence-corrected chi connectivity index (χ0v) is 15.4. The van der Waals surface area contributed by atoms with E-state index in [1.165, 1.54) is 6.92 Å². The largest absolute Gasteiger partial charge is 0.464 e. The van der Waals surface area contributed by atoms with Gasteiger partial charge in [0.1, 0.15) is 12.0 Å². The number of benzene rings is 1. The molecule has 1 N–H and O–H groups in total. The summed E-state index contributed by atoms with van der Waals surface area (Å²) in [5.74, 6) is -0.684. The Morgan fingerprint density at radius 2 is 1.92 bits per heavy atom. The van der Waals surface area contributed by atoms with Gasteiger partial charge in [-0.25, -0.2) is 0 Å². The van der Waals surface area contributed by atoms with Gasteiger partial charge in [-0.05, 0) is 24.2 Å². The van der Waals surface area contributed by atoms with Crippen LogP contribution in [0.1, 0.15) is 25.8 Å². The van der Waals surface area contributed by atoms with Crippen molar-refractivity contribution in [2.45, 2.75) is 25.7 Å². The molecule has 1 fully saturated rings. The molecule has 6 nitrogen and oxygen atoms in total. The molecule has 0 aromatic heterocycles. The molecule has 1 saturated heterocycles. The van der Waals surface area contributed by atoms with Crippen molar-refractivity contribution in [2.24, 2.45) is 0 Å². The average Bonchev–Trinajstić information content (AvgIpc) is 2.64. The van der Waals surface area contributed by atoms with E-state index >= 15 is 0 Å². The first kappa shape index (κ1) is 19.3. The van der Waals surface area contributed by atoms with Gasteiger partial charge in [0.15, 0.2) is 5.11 Å². The molecule has 1 amide bonds. The second-order valence-corrected chi connectivity index (χ2v) is 6.33. The number of hydrogen-bond donors (Lipinski definition) is 1.